The maximum Gasteiger partial charge on any atom is 0.337 e. The lowest BCUT2D eigenvalue weighted by molar-refractivity contribution is 0.0696. The molecule has 2 aromatic rings. The van der Waals surface area contributed by atoms with E-state index in [1.54, 1.807) is 17.7 Å². The second-order valence-corrected chi connectivity index (χ2v) is 4.00. The van der Waals surface area contributed by atoms with Crippen LogP contribution in [0.2, 0.25) is 0 Å². The minimum atomic E-state index is -1.00. The molecular formula is C13H11F2NO2. The van der Waals surface area contributed by atoms with E-state index in [1.807, 2.05) is 0 Å². The molecule has 0 spiro atoms. The first kappa shape index (κ1) is 12.3. The Hall–Kier alpha value is -2.17. The Morgan fingerprint density at radius 3 is 2.56 bits per heavy atom. The number of carboxylic acid groups (broad SMARTS) is 1. The monoisotopic (exact) mass is 251 g/mol. The van der Waals surface area contributed by atoms with Gasteiger partial charge in [-0.1, -0.05) is 6.07 Å². The molecule has 18 heavy (non-hydrogen) atoms. The van der Waals surface area contributed by atoms with Crippen molar-refractivity contribution in [3.05, 3.63) is 58.9 Å². The molecule has 0 aliphatic rings. The summed E-state index contributed by atoms with van der Waals surface area (Å²) in [7, 11) is 0. The van der Waals surface area contributed by atoms with Crippen LogP contribution < -0.4 is 0 Å². The van der Waals surface area contributed by atoms with Crippen LogP contribution in [0.4, 0.5) is 8.78 Å². The molecule has 94 valence electrons. The van der Waals surface area contributed by atoms with Crippen molar-refractivity contribution in [3.8, 4) is 0 Å². The molecule has 3 nitrogen and oxygen atoms in total. The van der Waals surface area contributed by atoms with Crippen molar-refractivity contribution in [2.75, 3.05) is 0 Å². The summed E-state index contributed by atoms with van der Waals surface area (Å²) >= 11 is 0. The van der Waals surface area contributed by atoms with Crippen LogP contribution >= 0.6 is 0 Å². The van der Waals surface area contributed by atoms with E-state index in [2.05, 4.69) is 0 Å². The van der Waals surface area contributed by atoms with Gasteiger partial charge in [-0.3, -0.25) is 0 Å². The highest BCUT2D eigenvalue weighted by Gasteiger charge is 2.11. The fraction of sp³-hybridized carbons (Fsp3) is 0.154. The number of carboxylic acids is 1. The molecule has 0 aliphatic carbocycles. The van der Waals surface area contributed by atoms with E-state index in [-0.39, 0.29) is 5.56 Å². The highest BCUT2D eigenvalue weighted by atomic mass is 19.2. The second kappa shape index (κ2) is 4.60. The zero-order chi connectivity index (χ0) is 13.3. The van der Waals surface area contributed by atoms with E-state index < -0.39 is 17.6 Å². The van der Waals surface area contributed by atoms with Gasteiger partial charge in [-0.2, -0.15) is 0 Å². The van der Waals surface area contributed by atoms with Crippen molar-refractivity contribution in [2.24, 2.45) is 0 Å². The third-order valence-corrected chi connectivity index (χ3v) is 2.81. The van der Waals surface area contributed by atoms with E-state index >= 15 is 0 Å². The van der Waals surface area contributed by atoms with Crippen molar-refractivity contribution in [1.29, 1.82) is 0 Å². The van der Waals surface area contributed by atoms with Gasteiger partial charge in [-0.15, -0.1) is 0 Å². The molecule has 5 heteroatoms. The molecule has 0 saturated carbocycles. The van der Waals surface area contributed by atoms with Crippen LogP contribution in [0.5, 0.6) is 0 Å². The second-order valence-electron chi connectivity index (χ2n) is 4.00. The summed E-state index contributed by atoms with van der Waals surface area (Å²) < 4.78 is 27.5. The molecule has 0 saturated heterocycles. The van der Waals surface area contributed by atoms with Crippen LogP contribution in [0.25, 0.3) is 0 Å². The maximum absolute atomic E-state index is 13.0. The predicted molar refractivity (Wildman–Crippen MR) is 61.6 cm³/mol. The van der Waals surface area contributed by atoms with Gasteiger partial charge in [-0.05, 0) is 30.7 Å². The number of hydrogen-bond donors (Lipinski definition) is 1. The van der Waals surface area contributed by atoms with Crippen LogP contribution in [0, 0.1) is 18.6 Å². The van der Waals surface area contributed by atoms with Gasteiger partial charge in [0.25, 0.3) is 0 Å². The van der Waals surface area contributed by atoms with Gasteiger partial charge in [0, 0.05) is 18.4 Å². The summed E-state index contributed by atoms with van der Waals surface area (Å²) in [5.74, 6) is -2.80. The number of aromatic nitrogens is 1. The minimum absolute atomic E-state index is 0.206. The van der Waals surface area contributed by atoms with Gasteiger partial charge < -0.3 is 9.67 Å². The zero-order valence-corrected chi connectivity index (χ0v) is 9.65. The summed E-state index contributed by atoms with van der Waals surface area (Å²) in [5.41, 5.74) is 1.36. The molecule has 0 amide bonds. The SMILES string of the molecule is Cc1c(C(=O)O)ccn1Cc1ccc(F)c(F)c1. The average Bonchev–Trinajstić information content (AvgIpc) is 2.66. The molecule has 0 fully saturated rings. The van der Waals surface area contributed by atoms with E-state index in [4.69, 9.17) is 5.11 Å². The summed E-state index contributed by atoms with van der Waals surface area (Å²) in [5, 5.41) is 8.90. The van der Waals surface area contributed by atoms with Gasteiger partial charge in [0.05, 0.1) is 5.56 Å². The summed E-state index contributed by atoms with van der Waals surface area (Å²) in [6.07, 6.45) is 1.61. The molecule has 0 atom stereocenters. The Morgan fingerprint density at radius 2 is 2.00 bits per heavy atom. The Morgan fingerprint density at radius 1 is 1.28 bits per heavy atom. The first-order valence-corrected chi connectivity index (χ1v) is 5.32. The average molecular weight is 251 g/mol. The molecule has 1 aromatic carbocycles. The highest BCUT2D eigenvalue weighted by Crippen LogP contribution is 2.14. The van der Waals surface area contributed by atoms with Crippen molar-refractivity contribution < 1.29 is 18.7 Å². The van der Waals surface area contributed by atoms with E-state index in [1.165, 1.54) is 12.1 Å². The number of aromatic carboxylic acids is 1. The van der Waals surface area contributed by atoms with Gasteiger partial charge in [0.15, 0.2) is 11.6 Å². The Balaban J connectivity index is 2.29. The summed E-state index contributed by atoms with van der Waals surface area (Å²) in [6, 6.07) is 5.12. The maximum atomic E-state index is 13.0. The molecule has 1 aromatic heterocycles. The van der Waals surface area contributed by atoms with Gasteiger partial charge in [0.1, 0.15) is 0 Å². The van der Waals surface area contributed by atoms with E-state index in [9.17, 15) is 13.6 Å². The summed E-state index contributed by atoms with van der Waals surface area (Å²) in [6.45, 7) is 1.97. The Kier molecular flexibility index (Phi) is 3.14. The van der Waals surface area contributed by atoms with Crippen LogP contribution in [0.3, 0.4) is 0 Å². The topological polar surface area (TPSA) is 42.2 Å². The van der Waals surface area contributed by atoms with Gasteiger partial charge in [-0.25, -0.2) is 13.6 Å². The molecule has 0 radical (unpaired) electrons. The molecule has 1 N–H and O–H groups in total. The Bertz CT molecular complexity index is 605. The molecule has 0 unspecified atom stereocenters. The summed E-state index contributed by atoms with van der Waals surface area (Å²) in [4.78, 5) is 10.9. The largest absolute Gasteiger partial charge is 0.478 e. The molecule has 0 bridgehead atoms. The van der Waals surface area contributed by atoms with Crippen LogP contribution in [0.1, 0.15) is 21.6 Å². The lowest BCUT2D eigenvalue weighted by atomic mass is 10.2. The van der Waals surface area contributed by atoms with Crippen LogP contribution in [0.15, 0.2) is 30.5 Å². The van der Waals surface area contributed by atoms with Crippen molar-refractivity contribution in [3.63, 3.8) is 0 Å². The number of nitrogens with zero attached hydrogens (tertiary/aromatic N) is 1. The van der Waals surface area contributed by atoms with E-state index in [0.29, 0.717) is 17.8 Å². The third-order valence-electron chi connectivity index (χ3n) is 2.81. The first-order chi connectivity index (χ1) is 8.49. The lowest BCUT2D eigenvalue weighted by Crippen LogP contribution is -2.04. The number of halogens is 2. The highest BCUT2D eigenvalue weighted by molar-refractivity contribution is 5.88. The zero-order valence-electron chi connectivity index (χ0n) is 9.65. The van der Waals surface area contributed by atoms with Crippen LogP contribution in [-0.4, -0.2) is 15.6 Å². The third kappa shape index (κ3) is 2.25. The fourth-order valence-electron chi connectivity index (χ4n) is 1.78. The van der Waals surface area contributed by atoms with Gasteiger partial charge in [0.2, 0.25) is 0 Å². The fourth-order valence-corrected chi connectivity index (χ4v) is 1.78. The number of carbonyl (C=O) groups is 1. The van der Waals surface area contributed by atoms with Crippen molar-refractivity contribution >= 4 is 5.97 Å². The molecular weight excluding hydrogens is 240 g/mol. The van der Waals surface area contributed by atoms with Crippen molar-refractivity contribution in [1.82, 2.24) is 4.57 Å². The smallest absolute Gasteiger partial charge is 0.337 e. The lowest BCUT2D eigenvalue weighted by Gasteiger charge is -2.07. The van der Waals surface area contributed by atoms with Crippen LogP contribution in [-0.2, 0) is 6.54 Å². The first-order valence-electron chi connectivity index (χ1n) is 5.32. The standard InChI is InChI=1S/C13H11F2NO2/c1-8-10(13(17)18)4-5-16(8)7-9-2-3-11(14)12(15)6-9/h2-6H,7H2,1H3,(H,17,18). The number of benzene rings is 1. The number of hydrogen-bond acceptors (Lipinski definition) is 1. The molecule has 2 rings (SSSR count). The van der Waals surface area contributed by atoms with Crippen molar-refractivity contribution in [2.45, 2.75) is 13.5 Å². The minimum Gasteiger partial charge on any atom is -0.478 e. The van der Waals surface area contributed by atoms with Gasteiger partial charge >= 0.3 is 5.97 Å². The molecule has 1 heterocycles. The Labute approximate surface area is 102 Å². The number of rotatable bonds is 3. The normalized spacial score (nSPS) is 10.6. The van der Waals surface area contributed by atoms with E-state index in [0.717, 1.165) is 12.1 Å². The molecule has 0 aliphatic heterocycles. The predicted octanol–water partition coefficient (Wildman–Crippen LogP) is 2.82. The quantitative estimate of drug-likeness (QED) is 0.911.